The van der Waals surface area contributed by atoms with E-state index in [1.807, 2.05) is 6.07 Å². The molecule has 0 radical (unpaired) electrons. The smallest absolute Gasteiger partial charge is 0.180 e. The third-order valence-corrected chi connectivity index (χ3v) is 5.04. The second-order valence-electron chi connectivity index (χ2n) is 4.16. The van der Waals surface area contributed by atoms with Crippen LogP contribution in [0.5, 0.6) is 0 Å². The van der Waals surface area contributed by atoms with E-state index in [1.165, 1.54) is 0 Å². The van der Waals surface area contributed by atoms with Crippen LogP contribution in [0.3, 0.4) is 0 Å². The fourth-order valence-electron chi connectivity index (χ4n) is 1.68. The minimum Gasteiger partial charge on any atom is -0.223 e. The van der Waals surface area contributed by atoms with Crippen molar-refractivity contribution < 1.29 is 8.42 Å². The predicted octanol–water partition coefficient (Wildman–Crippen LogP) is 3.43. The van der Waals surface area contributed by atoms with Gasteiger partial charge in [0.2, 0.25) is 0 Å². The first-order valence-electron chi connectivity index (χ1n) is 5.88. The molecule has 0 spiro atoms. The highest BCUT2D eigenvalue weighted by atomic mass is 32.2. The monoisotopic (exact) mass is 240 g/mol. The van der Waals surface area contributed by atoms with Gasteiger partial charge in [0.05, 0.1) is 10.1 Å². The molecule has 3 heteroatoms. The fraction of sp³-hybridized carbons (Fsp3) is 0.538. The lowest BCUT2D eigenvalue weighted by Crippen LogP contribution is -2.17. The Bertz CT molecular complexity index is 395. The van der Waals surface area contributed by atoms with E-state index in [0.29, 0.717) is 4.90 Å². The summed E-state index contributed by atoms with van der Waals surface area (Å²) in [6, 6.07) is 8.72. The Balaban J connectivity index is 2.71. The molecule has 0 aliphatic rings. The van der Waals surface area contributed by atoms with Crippen LogP contribution in [0, 0.1) is 0 Å². The molecule has 1 atom stereocenters. The molecular weight excluding hydrogens is 220 g/mol. The van der Waals surface area contributed by atoms with Gasteiger partial charge >= 0.3 is 0 Å². The van der Waals surface area contributed by atoms with Crippen LogP contribution in [0.1, 0.15) is 39.5 Å². The van der Waals surface area contributed by atoms with Gasteiger partial charge in [0.25, 0.3) is 0 Å². The molecule has 1 aromatic rings. The average Bonchev–Trinajstić information content (AvgIpc) is 2.30. The summed E-state index contributed by atoms with van der Waals surface area (Å²) in [5, 5.41) is -0.276. The summed E-state index contributed by atoms with van der Waals surface area (Å²) in [5.41, 5.74) is 0. The van der Waals surface area contributed by atoms with E-state index < -0.39 is 9.84 Å². The predicted molar refractivity (Wildman–Crippen MR) is 67.2 cm³/mol. The molecule has 0 bridgehead atoms. The molecule has 0 aliphatic carbocycles. The van der Waals surface area contributed by atoms with E-state index in [9.17, 15) is 8.42 Å². The largest absolute Gasteiger partial charge is 0.223 e. The molecule has 1 rings (SSSR count). The summed E-state index contributed by atoms with van der Waals surface area (Å²) in [7, 11) is -3.12. The van der Waals surface area contributed by atoms with Crippen molar-refractivity contribution in [2.75, 3.05) is 0 Å². The van der Waals surface area contributed by atoms with Crippen molar-refractivity contribution >= 4 is 9.84 Å². The Morgan fingerprint density at radius 2 is 1.75 bits per heavy atom. The van der Waals surface area contributed by atoms with Crippen LogP contribution >= 0.6 is 0 Å². The van der Waals surface area contributed by atoms with Gasteiger partial charge in [-0.3, -0.25) is 0 Å². The molecule has 0 heterocycles. The molecule has 2 nitrogen and oxygen atoms in total. The van der Waals surface area contributed by atoms with Crippen molar-refractivity contribution in [3.05, 3.63) is 30.3 Å². The topological polar surface area (TPSA) is 34.1 Å². The van der Waals surface area contributed by atoms with Crippen molar-refractivity contribution in [2.24, 2.45) is 0 Å². The second-order valence-corrected chi connectivity index (χ2v) is 6.53. The maximum atomic E-state index is 12.1. The number of hydrogen-bond acceptors (Lipinski definition) is 2. The SMILES string of the molecule is CCCCCC(C)S(=O)(=O)c1ccccc1. The normalized spacial score (nSPS) is 13.6. The van der Waals surface area contributed by atoms with Crippen LogP contribution in [-0.4, -0.2) is 13.7 Å². The molecule has 16 heavy (non-hydrogen) atoms. The first-order valence-corrected chi connectivity index (χ1v) is 7.42. The first kappa shape index (κ1) is 13.2. The molecule has 0 aliphatic heterocycles. The van der Waals surface area contributed by atoms with Crippen LogP contribution in [0.25, 0.3) is 0 Å². The van der Waals surface area contributed by atoms with E-state index in [-0.39, 0.29) is 5.25 Å². The number of sulfone groups is 1. The molecule has 1 unspecified atom stereocenters. The highest BCUT2D eigenvalue weighted by molar-refractivity contribution is 7.92. The second kappa shape index (κ2) is 6.04. The Labute approximate surface area is 98.6 Å². The van der Waals surface area contributed by atoms with Gasteiger partial charge in [-0.05, 0) is 25.5 Å². The molecular formula is C13H20O2S. The number of hydrogen-bond donors (Lipinski definition) is 0. The lowest BCUT2D eigenvalue weighted by Gasteiger charge is -2.12. The fourth-order valence-corrected chi connectivity index (χ4v) is 3.16. The van der Waals surface area contributed by atoms with Crippen molar-refractivity contribution in [1.29, 1.82) is 0 Å². The summed E-state index contributed by atoms with van der Waals surface area (Å²) in [6.45, 7) is 3.92. The molecule has 0 saturated carbocycles. The first-order chi connectivity index (χ1) is 7.59. The van der Waals surface area contributed by atoms with Crippen LogP contribution in [-0.2, 0) is 9.84 Å². The summed E-state index contributed by atoms with van der Waals surface area (Å²) in [6.07, 6.45) is 3.97. The van der Waals surface area contributed by atoms with Crippen LogP contribution in [0.4, 0.5) is 0 Å². The van der Waals surface area contributed by atoms with E-state index in [0.717, 1.165) is 25.7 Å². The number of rotatable bonds is 6. The van der Waals surface area contributed by atoms with Crippen LogP contribution in [0.15, 0.2) is 35.2 Å². The zero-order chi connectivity index (χ0) is 12.0. The maximum Gasteiger partial charge on any atom is 0.180 e. The molecule has 0 amide bonds. The van der Waals surface area contributed by atoms with Gasteiger partial charge < -0.3 is 0 Å². The standard InChI is InChI=1S/C13H20O2S/c1-3-4-6-9-12(2)16(14,15)13-10-7-5-8-11-13/h5,7-8,10-12H,3-4,6,9H2,1-2H3. The van der Waals surface area contributed by atoms with Gasteiger partial charge in [-0.2, -0.15) is 0 Å². The summed E-state index contributed by atoms with van der Waals surface area (Å²) in [4.78, 5) is 0.444. The average molecular weight is 240 g/mol. The van der Waals surface area contributed by atoms with Gasteiger partial charge in [0.15, 0.2) is 9.84 Å². The molecule has 1 aromatic carbocycles. The van der Waals surface area contributed by atoms with Gasteiger partial charge in [0, 0.05) is 0 Å². The van der Waals surface area contributed by atoms with Crippen molar-refractivity contribution in [3.8, 4) is 0 Å². The number of unbranched alkanes of at least 4 members (excludes halogenated alkanes) is 2. The molecule has 0 saturated heterocycles. The van der Waals surface area contributed by atoms with Gasteiger partial charge in [-0.25, -0.2) is 8.42 Å². The third-order valence-electron chi connectivity index (χ3n) is 2.82. The van der Waals surface area contributed by atoms with E-state index in [4.69, 9.17) is 0 Å². The molecule has 90 valence electrons. The molecule has 0 fully saturated rings. The minimum absolute atomic E-state index is 0.276. The van der Waals surface area contributed by atoms with Crippen molar-refractivity contribution in [1.82, 2.24) is 0 Å². The van der Waals surface area contributed by atoms with Gasteiger partial charge in [-0.15, -0.1) is 0 Å². The lowest BCUT2D eigenvalue weighted by molar-refractivity contribution is 0.567. The van der Waals surface area contributed by atoms with Gasteiger partial charge in [0.1, 0.15) is 0 Å². The van der Waals surface area contributed by atoms with Crippen LogP contribution in [0.2, 0.25) is 0 Å². The zero-order valence-corrected chi connectivity index (χ0v) is 10.8. The Morgan fingerprint density at radius 3 is 2.31 bits per heavy atom. The van der Waals surface area contributed by atoms with Gasteiger partial charge in [-0.1, -0.05) is 44.4 Å². The Kier molecular flexibility index (Phi) is 5.00. The quantitative estimate of drug-likeness (QED) is 0.714. The maximum absolute atomic E-state index is 12.1. The van der Waals surface area contributed by atoms with E-state index in [2.05, 4.69) is 6.92 Å². The molecule has 0 aromatic heterocycles. The van der Waals surface area contributed by atoms with Crippen LogP contribution < -0.4 is 0 Å². The highest BCUT2D eigenvalue weighted by Gasteiger charge is 2.22. The Morgan fingerprint density at radius 1 is 1.12 bits per heavy atom. The Hall–Kier alpha value is -0.830. The molecule has 0 N–H and O–H groups in total. The summed E-state index contributed by atoms with van der Waals surface area (Å²) < 4.78 is 24.3. The number of benzene rings is 1. The van der Waals surface area contributed by atoms with Crippen molar-refractivity contribution in [3.63, 3.8) is 0 Å². The highest BCUT2D eigenvalue weighted by Crippen LogP contribution is 2.19. The van der Waals surface area contributed by atoms with E-state index in [1.54, 1.807) is 31.2 Å². The third kappa shape index (κ3) is 3.34. The van der Waals surface area contributed by atoms with E-state index >= 15 is 0 Å². The summed E-state index contributed by atoms with van der Waals surface area (Å²) in [5.74, 6) is 0. The van der Waals surface area contributed by atoms with Crippen molar-refractivity contribution in [2.45, 2.75) is 49.7 Å². The summed E-state index contributed by atoms with van der Waals surface area (Å²) >= 11 is 0. The minimum atomic E-state index is -3.12. The lowest BCUT2D eigenvalue weighted by atomic mass is 10.2. The zero-order valence-electron chi connectivity index (χ0n) is 10.0.